The molecule has 182 valence electrons. The quantitative estimate of drug-likeness (QED) is 0.466. The van der Waals surface area contributed by atoms with Crippen LogP contribution < -0.4 is 10.6 Å². The minimum Gasteiger partial charge on any atom is -0.444 e. The minimum atomic E-state index is -0.669. The summed E-state index contributed by atoms with van der Waals surface area (Å²) in [7, 11) is 0. The molecule has 0 bridgehead atoms. The van der Waals surface area contributed by atoms with E-state index in [-0.39, 0.29) is 23.7 Å². The van der Waals surface area contributed by atoms with Gasteiger partial charge in [0.15, 0.2) is 0 Å². The number of nitrogens with one attached hydrogen (secondary N) is 2. The second-order valence-corrected chi connectivity index (χ2v) is 11.0. The fourth-order valence-corrected chi connectivity index (χ4v) is 4.96. The fraction of sp³-hybridized carbons (Fsp3) is 0.640. The monoisotopic (exact) mass is 521 g/mol. The highest BCUT2D eigenvalue weighted by Crippen LogP contribution is 2.29. The van der Waals surface area contributed by atoms with Gasteiger partial charge in [-0.15, -0.1) is 0 Å². The Hall–Kier alpha value is -2.09. The van der Waals surface area contributed by atoms with Crippen LogP contribution in [0.2, 0.25) is 0 Å². The van der Waals surface area contributed by atoms with Crippen LogP contribution in [0.25, 0.3) is 0 Å². The fourth-order valence-electron chi connectivity index (χ4n) is 4.60. The number of hydrogen-bond acceptors (Lipinski definition) is 4. The van der Waals surface area contributed by atoms with Gasteiger partial charge in [-0.1, -0.05) is 54.5 Å². The van der Waals surface area contributed by atoms with Crippen molar-refractivity contribution in [3.8, 4) is 0 Å². The second kappa shape index (κ2) is 11.4. The zero-order valence-electron chi connectivity index (χ0n) is 19.9. The summed E-state index contributed by atoms with van der Waals surface area (Å²) in [5.74, 6) is -0.400. The number of urea groups is 1. The first kappa shape index (κ1) is 25.5. The third-order valence-corrected chi connectivity index (χ3v) is 6.65. The van der Waals surface area contributed by atoms with Crippen molar-refractivity contribution in [1.29, 1.82) is 0 Å². The van der Waals surface area contributed by atoms with Crippen LogP contribution in [0.1, 0.15) is 95.3 Å². The highest BCUT2D eigenvalue weighted by Gasteiger charge is 2.34. The van der Waals surface area contributed by atoms with E-state index in [9.17, 15) is 14.4 Å². The van der Waals surface area contributed by atoms with Crippen molar-refractivity contribution in [2.45, 2.75) is 103 Å². The van der Waals surface area contributed by atoms with Crippen LogP contribution in [-0.2, 0) is 4.74 Å². The summed E-state index contributed by atoms with van der Waals surface area (Å²) in [5, 5.41) is 5.81. The Kier molecular flexibility index (Phi) is 8.79. The normalized spacial score (nSPS) is 17.8. The molecular formula is C25H36BrN3O4. The van der Waals surface area contributed by atoms with Gasteiger partial charge in [0, 0.05) is 16.6 Å². The first-order valence-corrected chi connectivity index (χ1v) is 12.9. The van der Waals surface area contributed by atoms with Gasteiger partial charge in [0.1, 0.15) is 5.60 Å². The Bertz CT molecular complexity index is 856. The van der Waals surface area contributed by atoms with Gasteiger partial charge in [-0.2, -0.15) is 0 Å². The number of anilines is 1. The van der Waals surface area contributed by atoms with E-state index in [4.69, 9.17) is 4.74 Å². The van der Waals surface area contributed by atoms with Crippen LogP contribution in [0.4, 0.5) is 15.3 Å². The van der Waals surface area contributed by atoms with Crippen molar-refractivity contribution in [2.24, 2.45) is 0 Å². The maximum atomic E-state index is 13.8. The minimum absolute atomic E-state index is 0.104. The molecule has 0 radical (unpaired) electrons. The van der Waals surface area contributed by atoms with E-state index in [1.807, 2.05) is 0 Å². The molecule has 0 atom stereocenters. The van der Waals surface area contributed by atoms with Gasteiger partial charge in [-0.3, -0.25) is 15.0 Å². The molecule has 0 heterocycles. The Labute approximate surface area is 205 Å². The Morgan fingerprint density at radius 1 is 0.970 bits per heavy atom. The molecule has 2 fully saturated rings. The molecule has 0 saturated heterocycles. The van der Waals surface area contributed by atoms with Crippen molar-refractivity contribution < 1.29 is 19.1 Å². The maximum Gasteiger partial charge on any atom is 0.412 e. The zero-order valence-corrected chi connectivity index (χ0v) is 21.5. The van der Waals surface area contributed by atoms with Gasteiger partial charge in [0.25, 0.3) is 5.91 Å². The van der Waals surface area contributed by atoms with Crippen LogP contribution in [0.5, 0.6) is 0 Å². The van der Waals surface area contributed by atoms with Crippen LogP contribution in [-0.4, -0.2) is 40.6 Å². The summed E-state index contributed by atoms with van der Waals surface area (Å²) < 4.78 is 6.06. The van der Waals surface area contributed by atoms with E-state index in [0.717, 1.165) is 57.8 Å². The number of amides is 4. The van der Waals surface area contributed by atoms with Crippen LogP contribution >= 0.6 is 15.9 Å². The number of carbonyl (C=O) groups is 3. The molecule has 8 heteroatoms. The van der Waals surface area contributed by atoms with Crippen molar-refractivity contribution in [1.82, 2.24) is 10.2 Å². The summed E-state index contributed by atoms with van der Waals surface area (Å²) in [6.45, 7) is 5.34. The third kappa shape index (κ3) is 7.45. The smallest absolute Gasteiger partial charge is 0.412 e. The van der Waals surface area contributed by atoms with Gasteiger partial charge < -0.3 is 10.1 Å². The van der Waals surface area contributed by atoms with E-state index in [2.05, 4.69) is 26.6 Å². The molecule has 1 aromatic carbocycles. The number of benzene rings is 1. The summed E-state index contributed by atoms with van der Waals surface area (Å²) in [6.07, 6.45) is 9.32. The first-order chi connectivity index (χ1) is 15.6. The van der Waals surface area contributed by atoms with Crippen molar-refractivity contribution in [2.75, 3.05) is 5.32 Å². The lowest BCUT2D eigenvalue weighted by Gasteiger charge is -2.35. The molecule has 0 aromatic heterocycles. The molecule has 33 heavy (non-hydrogen) atoms. The first-order valence-electron chi connectivity index (χ1n) is 12.1. The SMILES string of the molecule is CC(C)(C)OC(=O)Nc1ccc(Br)cc1C(=O)N(C(=O)NC1CCCCC1)C1CCCCC1. The van der Waals surface area contributed by atoms with E-state index in [0.29, 0.717) is 10.2 Å². The van der Waals surface area contributed by atoms with E-state index >= 15 is 0 Å². The molecule has 0 spiro atoms. The predicted molar refractivity (Wildman–Crippen MR) is 132 cm³/mol. The van der Waals surface area contributed by atoms with Crippen molar-refractivity contribution >= 4 is 39.6 Å². The molecule has 2 saturated carbocycles. The summed E-state index contributed by atoms with van der Waals surface area (Å²) in [4.78, 5) is 41.0. The molecule has 3 rings (SSSR count). The summed E-state index contributed by atoms with van der Waals surface area (Å²) >= 11 is 3.43. The van der Waals surface area contributed by atoms with Gasteiger partial charge in [-0.25, -0.2) is 9.59 Å². The van der Waals surface area contributed by atoms with Gasteiger partial charge in [0.05, 0.1) is 11.3 Å². The van der Waals surface area contributed by atoms with Gasteiger partial charge >= 0.3 is 12.1 Å². The number of halogens is 1. The van der Waals surface area contributed by atoms with Crippen LogP contribution in [0.3, 0.4) is 0 Å². The Morgan fingerprint density at radius 2 is 1.58 bits per heavy atom. The highest BCUT2D eigenvalue weighted by molar-refractivity contribution is 9.10. The van der Waals surface area contributed by atoms with E-state index in [1.54, 1.807) is 39.0 Å². The average Bonchev–Trinajstić information content (AvgIpc) is 2.75. The number of carbonyl (C=O) groups excluding carboxylic acids is 3. The third-order valence-electron chi connectivity index (χ3n) is 6.16. The maximum absolute atomic E-state index is 13.8. The van der Waals surface area contributed by atoms with E-state index < -0.39 is 17.6 Å². The lowest BCUT2D eigenvalue weighted by Crippen LogP contribution is -2.53. The number of imide groups is 1. The molecule has 0 aliphatic heterocycles. The lowest BCUT2D eigenvalue weighted by atomic mass is 9.93. The molecule has 2 aliphatic carbocycles. The molecule has 2 N–H and O–H groups in total. The largest absolute Gasteiger partial charge is 0.444 e. The number of nitrogens with zero attached hydrogens (tertiary/aromatic N) is 1. The zero-order chi connectivity index (χ0) is 24.0. The topological polar surface area (TPSA) is 87.7 Å². The molecule has 4 amide bonds. The Balaban J connectivity index is 1.87. The predicted octanol–water partition coefficient (Wildman–Crippen LogP) is 6.61. The number of ether oxygens (including phenoxy) is 1. The summed E-state index contributed by atoms with van der Waals surface area (Å²) in [6, 6.07) is 4.67. The lowest BCUT2D eigenvalue weighted by molar-refractivity contribution is 0.0636. The van der Waals surface area contributed by atoms with Gasteiger partial charge in [-0.05, 0) is 64.7 Å². The van der Waals surface area contributed by atoms with Gasteiger partial charge in [0.2, 0.25) is 0 Å². The molecular weight excluding hydrogens is 486 g/mol. The van der Waals surface area contributed by atoms with Crippen LogP contribution in [0.15, 0.2) is 22.7 Å². The highest BCUT2D eigenvalue weighted by atomic mass is 79.9. The molecule has 7 nitrogen and oxygen atoms in total. The average molecular weight is 522 g/mol. The molecule has 1 aromatic rings. The standard InChI is InChI=1S/C25H36BrN3O4/c1-25(2,3)33-24(32)28-21-15-14-17(26)16-20(21)22(30)29(19-12-8-5-9-13-19)23(31)27-18-10-6-4-7-11-18/h14-16,18-19H,4-13H2,1-3H3,(H,27,31)(H,28,32). The summed E-state index contributed by atoms with van der Waals surface area (Å²) in [5.41, 5.74) is -0.0826. The van der Waals surface area contributed by atoms with Crippen LogP contribution in [0, 0.1) is 0 Å². The van der Waals surface area contributed by atoms with Crippen molar-refractivity contribution in [3.63, 3.8) is 0 Å². The van der Waals surface area contributed by atoms with Crippen molar-refractivity contribution in [3.05, 3.63) is 28.2 Å². The second-order valence-electron chi connectivity index (χ2n) is 10.1. The number of rotatable bonds is 4. The molecule has 2 aliphatic rings. The molecule has 0 unspecified atom stereocenters. The Morgan fingerprint density at radius 3 is 2.18 bits per heavy atom. The van der Waals surface area contributed by atoms with E-state index in [1.165, 1.54) is 11.3 Å². The number of hydrogen-bond donors (Lipinski definition) is 2.